The summed E-state index contributed by atoms with van der Waals surface area (Å²) in [7, 11) is 0. The van der Waals surface area contributed by atoms with E-state index < -0.39 is 5.91 Å². The van der Waals surface area contributed by atoms with Gasteiger partial charge < -0.3 is 27.0 Å². The molecule has 1 aliphatic heterocycles. The van der Waals surface area contributed by atoms with E-state index in [9.17, 15) is 9.59 Å². The number of benzene rings is 1. The number of rotatable bonds is 6. The van der Waals surface area contributed by atoms with Crippen LogP contribution in [0.1, 0.15) is 48.0 Å². The average molecular weight is 438 g/mol. The van der Waals surface area contributed by atoms with Crippen molar-refractivity contribution < 1.29 is 9.59 Å². The summed E-state index contributed by atoms with van der Waals surface area (Å²) in [6.07, 6.45) is 5.78. The molecule has 0 spiro atoms. The number of nitrogens with two attached hydrogens (primary N) is 2. The lowest BCUT2D eigenvalue weighted by atomic mass is 9.82. The van der Waals surface area contributed by atoms with Gasteiger partial charge in [-0.3, -0.25) is 9.59 Å². The van der Waals surface area contributed by atoms with Gasteiger partial charge in [-0.2, -0.15) is 4.98 Å². The SMILES string of the molecule is Cc1cccc(Nc2nc(N[C@@H]3CC[C@@H](C(=O)N4CCCC4)C[C@@H]3N)ncc2C(N)=O)c1. The summed E-state index contributed by atoms with van der Waals surface area (Å²) in [6.45, 7) is 3.71. The van der Waals surface area contributed by atoms with Gasteiger partial charge in [0.15, 0.2) is 0 Å². The van der Waals surface area contributed by atoms with Crippen LogP contribution in [0.4, 0.5) is 17.5 Å². The van der Waals surface area contributed by atoms with Gasteiger partial charge in [0.05, 0.1) is 0 Å². The minimum absolute atomic E-state index is 0.0159. The summed E-state index contributed by atoms with van der Waals surface area (Å²) in [5.41, 5.74) is 14.0. The molecule has 1 aliphatic carbocycles. The second-order valence-corrected chi connectivity index (χ2v) is 8.77. The molecule has 32 heavy (non-hydrogen) atoms. The molecular formula is C23H31N7O2. The quantitative estimate of drug-likeness (QED) is 0.543. The molecule has 2 aliphatic rings. The molecule has 6 N–H and O–H groups in total. The van der Waals surface area contributed by atoms with E-state index in [0.717, 1.165) is 50.0 Å². The maximum Gasteiger partial charge on any atom is 0.254 e. The molecule has 3 atom stereocenters. The molecular weight excluding hydrogens is 406 g/mol. The maximum absolute atomic E-state index is 12.7. The fourth-order valence-electron chi connectivity index (χ4n) is 4.56. The van der Waals surface area contributed by atoms with Crippen LogP contribution in [0.15, 0.2) is 30.5 Å². The van der Waals surface area contributed by atoms with Crippen molar-refractivity contribution in [2.45, 2.75) is 51.1 Å². The minimum Gasteiger partial charge on any atom is -0.365 e. The minimum atomic E-state index is -0.607. The molecule has 2 heterocycles. The molecule has 2 amide bonds. The predicted octanol–water partition coefficient (Wildman–Crippen LogP) is 2.16. The summed E-state index contributed by atoms with van der Waals surface area (Å²) in [4.78, 5) is 35.3. The number of nitrogens with zero attached hydrogens (tertiary/aromatic N) is 3. The number of aromatic nitrogens is 2. The first-order chi connectivity index (χ1) is 15.4. The average Bonchev–Trinajstić information content (AvgIpc) is 3.29. The van der Waals surface area contributed by atoms with Crippen molar-refractivity contribution >= 4 is 29.3 Å². The van der Waals surface area contributed by atoms with Crippen molar-refractivity contribution in [1.29, 1.82) is 0 Å². The first-order valence-corrected chi connectivity index (χ1v) is 11.2. The zero-order valence-corrected chi connectivity index (χ0v) is 18.4. The molecule has 0 radical (unpaired) electrons. The Morgan fingerprint density at radius 1 is 1.19 bits per heavy atom. The lowest BCUT2D eigenvalue weighted by Gasteiger charge is -2.35. The summed E-state index contributed by atoms with van der Waals surface area (Å²) in [6, 6.07) is 7.51. The lowest BCUT2D eigenvalue weighted by Crippen LogP contribution is -2.48. The van der Waals surface area contributed by atoms with Crippen LogP contribution >= 0.6 is 0 Å². The van der Waals surface area contributed by atoms with E-state index in [1.165, 1.54) is 6.20 Å². The van der Waals surface area contributed by atoms with Crippen LogP contribution in [0.5, 0.6) is 0 Å². The Balaban J connectivity index is 1.44. The van der Waals surface area contributed by atoms with Gasteiger partial charge in [-0.15, -0.1) is 0 Å². The van der Waals surface area contributed by atoms with E-state index in [4.69, 9.17) is 11.5 Å². The third-order valence-corrected chi connectivity index (χ3v) is 6.32. The molecule has 9 nitrogen and oxygen atoms in total. The first kappa shape index (κ1) is 22.0. The molecule has 9 heteroatoms. The Kier molecular flexibility index (Phi) is 6.55. The van der Waals surface area contributed by atoms with Crippen molar-refractivity contribution in [1.82, 2.24) is 14.9 Å². The van der Waals surface area contributed by atoms with Crippen molar-refractivity contribution in [2.75, 3.05) is 23.7 Å². The molecule has 1 saturated carbocycles. The third-order valence-electron chi connectivity index (χ3n) is 6.32. The van der Waals surface area contributed by atoms with Crippen LogP contribution in [0.25, 0.3) is 0 Å². The van der Waals surface area contributed by atoms with E-state index in [0.29, 0.717) is 18.2 Å². The Labute approximate surface area is 188 Å². The van der Waals surface area contributed by atoms with Crippen LogP contribution in [0.3, 0.4) is 0 Å². The molecule has 0 unspecified atom stereocenters. The van der Waals surface area contributed by atoms with Gasteiger partial charge in [0, 0.05) is 43.0 Å². The zero-order valence-electron chi connectivity index (χ0n) is 18.4. The van der Waals surface area contributed by atoms with Crippen molar-refractivity contribution in [3.63, 3.8) is 0 Å². The molecule has 0 bridgehead atoms. The number of nitrogens with one attached hydrogen (secondary N) is 2. The Bertz CT molecular complexity index is 990. The standard InChI is InChI=1S/C23H31N7O2/c1-14-5-4-6-16(11-14)27-21-17(20(25)31)13-26-23(29-21)28-19-8-7-15(12-18(19)24)22(32)30-9-2-3-10-30/h4-6,11,13,15,18-19H,2-3,7-10,12,24H2,1H3,(H2,25,31)(H2,26,27,28,29)/t15-,18+,19-/m1/s1. The number of hydrogen-bond acceptors (Lipinski definition) is 7. The number of carbonyl (C=O) groups excluding carboxylic acids is 2. The molecule has 1 aromatic carbocycles. The zero-order chi connectivity index (χ0) is 22.7. The van der Waals surface area contributed by atoms with Gasteiger partial charge in [0.25, 0.3) is 5.91 Å². The van der Waals surface area contributed by atoms with Gasteiger partial charge in [0.1, 0.15) is 11.4 Å². The van der Waals surface area contributed by atoms with Gasteiger partial charge in [-0.25, -0.2) is 4.98 Å². The Hall–Kier alpha value is -3.20. The van der Waals surface area contributed by atoms with Crippen LogP contribution in [0, 0.1) is 12.8 Å². The molecule has 170 valence electrons. The number of aryl methyl sites for hydroxylation is 1. The van der Waals surface area contributed by atoms with Crippen LogP contribution < -0.4 is 22.1 Å². The highest BCUT2D eigenvalue weighted by molar-refractivity contribution is 5.98. The Morgan fingerprint density at radius 2 is 1.97 bits per heavy atom. The van der Waals surface area contributed by atoms with Crippen molar-refractivity contribution in [3.05, 3.63) is 41.6 Å². The van der Waals surface area contributed by atoms with Crippen molar-refractivity contribution in [2.24, 2.45) is 17.4 Å². The highest BCUT2D eigenvalue weighted by Crippen LogP contribution is 2.29. The molecule has 2 fully saturated rings. The Morgan fingerprint density at radius 3 is 2.66 bits per heavy atom. The monoisotopic (exact) mass is 437 g/mol. The van der Waals surface area contributed by atoms with E-state index in [-0.39, 0.29) is 29.5 Å². The van der Waals surface area contributed by atoms with E-state index in [2.05, 4.69) is 20.6 Å². The maximum atomic E-state index is 12.7. The van der Waals surface area contributed by atoms with Gasteiger partial charge in [-0.05, 0) is 56.7 Å². The number of anilines is 3. The molecule has 1 saturated heterocycles. The van der Waals surface area contributed by atoms with E-state index in [1.807, 2.05) is 36.1 Å². The number of likely N-dealkylation sites (tertiary alicyclic amines) is 1. The normalized spacial score (nSPS) is 23.1. The second-order valence-electron chi connectivity index (χ2n) is 8.77. The van der Waals surface area contributed by atoms with E-state index >= 15 is 0 Å². The molecule has 4 rings (SSSR count). The number of carbonyl (C=O) groups is 2. The molecule has 2 aromatic rings. The van der Waals surface area contributed by atoms with Gasteiger partial charge in [-0.1, -0.05) is 12.1 Å². The third kappa shape index (κ3) is 4.99. The van der Waals surface area contributed by atoms with Crippen LogP contribution in [0.2, 0.25) is 0 Å². The van der Waals surface area contributed by atoms with Gasteiger partial charge >= 0.3 is 0 Å². The summed E-state index contributed by atoms with van der Waals surface area (Å²) in [5, 5.41) is 6.46. The predicted molar refractivity (Wildman–Crippen MR) is 124 cm³/mol. The van der Waals surface area contributed by atoms with Crippen molar-refractivity contribution in [3.8, 4) is 0 Å². The summed E-state index contributed by atoms with van der Waals surface area (Å²) in [5.74, 6) is 0.326. The highest BCUT2D eigenvalue weighted by atomic mass is 16.2. The largest absolute Gasteiger partial charge is 0.365 e. The fraction of sp³-hybridized carbons (Fsp3) is 0.478. The fourth-order valence-corrected chi connectivity index (χ4v) is 4.56. The number of amides is 2. The number of hydrogen-bond donors (Lipinski definition) is 4. The van der Waals surface area contributed by atoms with Crippen LogP contribution in [-0.4, -0.2) is 51.9 Å². The number of primary amides is 1. The first-order valence-electron chi connectivity index (χ1n) is 11.2. The van der Waals surface area contributed by atoms with Crippen LogP contribution in [-0.2, 0) is 4.79 Å². The topological polar surface area (TPSA) is 139 Å². The highest BCUT2D eigenvalue weighted by Gasteiger charge is 2.35. The lowest BCUT2D eigenvalue weighted by molar-refractivity contribution is -0.135. The summed E-state index contributed by atoms with van der Waals surface area (Å²) >= 11 is 0. The smallest absolute Gasteiger partial charge is 0.254 e. The van der Waals surface area contributed by atoms with Gasteiger partial charge in [0.2, 0.25) is 11.9 Å². The second kappa shape index (κ2) is 9.52. The summed E-state index contributed by atoms with van der Waals surface area (Å²) < 4.78 is 0. The molecule has 1 aromatic heterocycles. The van der Waals surface area contributed by atoms with E-state index in [1.54, 1.807) is 0 Å².